The molecule has 0 radical (unpaired) electrons. The number of rotatable bonds is 2. The van der Waals surface area contributed by atoms with E-state index in [0.717, 1.165) is 11.0 Å². The van der Waals surface area contributed by atoms with E-state index in [9.17, 15) is 5.11 Å². The van der Waals surface area contributed by atoms with E-state index in [0.29, 0.717) is 29.8 Å². The molecule has 5 heteroatoms. The fraction of sp³-hybridized carbons (Fsp3) is 0.600. The van der Waals surface area contributed by atoms with E-state index in [4.69, 9.17) is 5.73 Å². The van der Waals surface area contributed by atoms with Crippen LogP contribution in [0.1, 0.15) is 38.1 Å². The molecule has 0 bridgehead atoms. The third-order valence-electron chi connectivity index (χ3n) is 5.31. The molecule has 106 valence electrons. The van der Waals surface area contributed by atoms with E-state index in [2.05, 4.69) is 20.7 Å². The SMILES string of the molecule is Nc1ncnc2c1ccn2[C@H]1CC[C@]2(C1)C[C@H](CO)C2. The first kappa shape index (κ1) is 12.1. The topological polar surface area (TPSA) is 77.0 Å². The summed E-state index contributed by atoms with van der Waals surface area (Å²) in [5.74, 6) is 1.10. The van der Waals surface area contributed by atoms with Crippen LogP contribution in [0.2, 0.25) is 0 Å². The maximum atomic E-state index is 9.22. The second-order valence-electron chi connectivity index (χ2n) is 6.57. The Balaban J connectivity index is 1.61. The highest BCUT2D eigenvalue weighted by molar-refractivity contribution is 5.86. The molecule has 2 aromatic rings. The maximum Gasteiger partial charge on any atom is 0.145 e. The first-order chi connectivity index (χ1) is 9.71. The van der Waals surface area contributed by atoms with Crippen molar-refractivity contribution in [2.45, 2.75) is 38.1 Å². The summed E-state index contributed by atoms with van der Waals surface area (Å²) >= 11 is 0. The van der Waals surface area contributed by atoms with Crippen LogP contribution in [0.15, 0.2) is 18.6 Å². The Labute approximate surface area is 117 Å². The van der Waals surface area contributed by atoms with Gasteiger partial charge >= 0.3 is 0 Å². The predicted molar refractivity (Wildman–Crippen MR) is 77.1 cm³/mol. The van der Waals surface area contributed by atoms with Gasteiger partial charge in [0, 0.05) is 18.8 Å². The second-order valence-corrected chi connectivity index (χ2v) is 6.57. The van der Waals surface area contributed by atoms with Gasteiger partial charge in [-0.3, -0.25) is 0 Å². The molecule has 2 saturated carbocycles. The van der Waals surface area contributed by atoms with Crippen molar-refractivity contribution in [3.8, 4) is 0 Å². The highest BCUT2D eigenvalue weighted by Crippen LogP contribution is 2.59. The van der Waals surface area contributed by atoms with E-state index >= 15 is 0 Å². The molecule has 0 saturated heterocycles. The van der Waals surface area contributed by atoms with Crippen molar-refractivity contribution >= 4 is 16.9 Å². The number of nitrogens with two attached hydrogens (primary N) is 1. The van der Waals surface area contributed by atoms with Crippen LogP contribution in [-0.2, 0) is 0 Å². The van der Waals surface area contributed by atoms with E-state index in [-0.39, 0.29) is 0 Å². The maximum absolute atomic E-state index is 9.22. The summed E-state index contributed by atoms with van der Waals surface area (Å²) < 4.78 is 2.27. The summed E-state index contributed by atoms with van der Waals surface area (Å²) in [6, 6.07) is 2.54. The van der Waals surface area contributed by atoms with Crippen molar-refractivity contribution < 1.29 is 5.11 Å². The second kappa shape index (κ2) is 4.19. The Kier molecular flexibility index (Phi) is 2.54. The van der Waals surface area contributed by atoms with Gasteiger partial charge in [0.15, 0.2) is 0 Å². The quantitative estimate of drug-likeness (QED) is 0.878. The van der Waals surface area contributed by atoms with Gasteiger partial charge in [-0.05, 0) is 49.5 Å². The first-order valence-electron chi connectivity index (χ1n) is 7.39. The molecule has 0 amide bonds. The molecule has 2 aliphatic rings. The molecule has 2 aromatic heterocycles. The molecule has 2 heterocycles. The van der Waals surface area contributed by atoms with Crippen molar-refractivity contribution in [3.05, 3.63) is 18.6 Å². The average molecular weight is 272 g/mol. The third kappa shape index (κ3) is 1.66. The number of fused-ring (bicyclic) bond motifs is 1. The van der Waals surface area contributed by atoms with Gasteiger partial charge in [-0.25, -0.2) is 9.97 Å². The van der Waals surface area contributed by atoms with Crippen LogP contribution in [0.5, 0.6) is 0 Å². The lowest BCUT2D eigenvalue weighted by atomic mass is 9.61. The van der Waals surface area contributed by atoms with E-state index < -0.39 is 0 Å². The van der Waals surface area contributed by atoms with Gasteiger partial charge in [0.05, 0.1) is 5.39 Å². The van der Waals surface area contributed by atoms with Crippen molar-refractivity contribution in [1.29, 1.82) is 0 Å². The van der Waals surface area contributed by atoms with Crippen molar-refractivity contribution in [2.24, 2.45) is 11.3 Å². The average Bonchev–Trinajstić information content (AvgIpc) is 3.00. The summed E-state index contributed by atoms with van der Waals surface area (Å²) in [4.78, 5) is 8.45. The van der Waals surface area contributed by atoms with Gasteiger partial charge in [-0.2, -0.15) is 0 Å². The Morgan fingerprint density at radius 3 is 3.00 bits per heavy atom. The van der Waals surface area contributed by atoms with Crippen LogP contribution in [-0.4, -0.2) is 26.2 Å². The van der Waals surface area contributed by atoms with E-state index in [1.165, 1.54) is 32.1 Å². The van der Waals surface area contributed by atoms with Gasteiger partial charge in [-0.15, -0.1) is 0 Å². The fourth-order valence-electron chi connectivity index (χ4n) is 4.36. The van der Waals surface area contributed by atoms with Gasteiger partial charge < -0.3 is 15.4 Å². The largest absolute Gasteiger partial charge is 0.396 e. The molecule has 1 spiro atoms. The molecule has 3 N–H and O–H groups in total. The molecule has 4 rings (SSSR count). The lowest BCUT2D eigenvalue weighted by Gasteiger charge is -2.45. The minimum atomic E-state index is 0.350. The first-order valence-corrected chi connectivity index (χ1v) is 7.39. The molecule has 5 nitrogen and oxygen atoms in total. The van der Waals surface area contributed by atoms with Crippen LogP contribution in [0.4, 0.5) is 5.82 Å². The number of hydrogen-bond acceptors (Lipinski definition) is 4. The zero-order valence-electron chi connectivity index (χ0n) is 11.5. The van der Waals surface area contributed by atoms with Crippen LogP contribution in [0, 0.1) is 11.3 Å². The van der Waals surface area contributed by atoms with Gasteiger partial charge in [-0.1, -0.05) is 0 Å². The Morgan fingerprint density at radius 1 is 1.35 bits per heavy atom. The van der Waals surface area contributed by atoms with E-state index in [1.807, 2.05) is 6.07 Å². The highest BCUT2D eigenvalue weighted by Gasteiger charge is 2.48. The summed E-state index contributed by atoms with van der Waals surface area (Å²) in [6.07, 6.45) is 9.70. The molecule has 0 aliphatic heterocycles. The number of nitrogens with zero attached hydrogens (tertiary/aromatic N) is 3. The summed E-state index contributed by atoms with van der Waals surface area (Å²) in [6.45, 7) is 0.350. The molecule has 0 aromatic carbocycles. The molecule has 1 atom stereocenters. The number of aliphatic hydroxyl groups is 1. The summed E-state index contributed by atoms with van der Waals surface area (Å²) in [5, 5.41) is 10.2. The van der Waals surface area contributed by atoms with Crippen LogP contribution in [0.25, 0.3) is 11.0 Å². The smallest absolute Gasteiger partial charge is 0.145 e. The van der Waals surface area contributed by atoms with Crippen molar-refractivity contribution in [1.82, 2.24) is 14.5 Å². The zero-order chi connectivity index (χ0) is 13.7. The molecular weight excluding hydrogens is 252 g/mol. The van der Waals surface area contributed by atoms with Gasteiger partial charge in [0.2, 0.25) is 0 Å². The minimum absolute atomic E-state index is 0.350. The predicted octanol–water partition coefficient (Wildman–Crippen LogP) is 2.13. The monoisotopic (exact) mass is 272 g/mol. The third-order valence-corrected chi connectivity index (χ3v) is 5.31. The van der Waals surface area contributed by atoms with Gasteiger partial charge in [0.1, 0.15) is 17.8 Å². The molecule has 20 heavy (non-hydrogen) atoms. The fourth-order valence-corrected chi connectivity index (χ4v) is 4.36. The highest BCUT2D eigenvalue weighted by atomic mass is 16.3. The molecule has 2 fully saturated rings. The van der Waals surface area contributed by atoms with Gasteiger partial charge in [0.25, 0.3) is 0 Å². The Morgan fingerprint density at radius 2 is 2.20 bits per heavy atom. The zero-order valence-corrected chi connectivity index (χ0v) is 11.5. The van der Waals surface area contributed by atoms with E-state index in [1.54, 1.807) is 6.33 Å². The number of aromatic nitrogens is 3. The molecular formula is C15H20N4O. The number of hydrogen-bond donors (Lipinski definition) is 2. The van der Waals surface area contributed by atoms with Crippen molar-refractivity contribution in [3.63, 3.8) is 0 Å². The van der Waals surface area contributed by atoms with Crippen LogP contribution < -0.4 is 5.73 Å². The summed E-state index contributed by atoms with van der Waals surface area (Å²) in [7, 11) is 0. The molecule has 0 unspecified atom stereocenters. The Bertz CT molecular complexity index is 644. The minimum Gasteiger partial charge on any atom is -0.396 e. The standard InChI is InChI=1S/C15H20N4O/c16-13-12-2-4-19(14(12)18-9-17-13)11-1-3-15(7-11)5-10(6-15)8-20/h2,4,9-11,20H,1,3,5-8H2,(H2,16,17,18)/t10-,11-,15-/m0/s1. The van der Waals surface area contributed by atoms with Crippen LogP contribution in [0.3, 0.4) is 0 Å². The normalized spacial score (nSPS) is 32.9. The van der Waals surface area contributed by atoms with Crippen LogP contribution >= 0.6 is 0 Å². The number of nitrogen functional groups attached to an aromatic ring is 1. The summed E-state index contributed by atoms with van der Waals surface area (Å²) in [5.41, 5.74) is 7.34. The van der Waals surface area contributed by atoms with Crippen molar-refractivity contribution in [2.75, 3.05) is 12.3 Å². The number of aliphatic hydroxyl groups excluding tert-OH is 1. The number of anilines is 1. The lowest BCUT2D eigenvalue weighted by Crippen LogP contribution is -2.37. The molecule has 2 aliphatic carbocycles. The Hall–Kier alpha value is -1.62. The lowest BCUT2D eigenvalue weighted by molar-refractivity contribution is 0.0193.